The number of carbonyl (C=O) groups is 1. The second-order valence-electron chi connectivity index (χ2n) is 4.17. The van der Waals surface area contributed by atoms with Gasteiger partial charge in [0, 0.05) is 23.9 Å². The number of hydrogen-bond acceptors (Lipinski definition) is 3. The largest absolute Gasteiger partial charge is 0.399 e. The zero-order chi connectivity index (χ0) is 12.7. The molecule has 1 aromatic carbocycles. The number of thioether (sulfide) groups is 1. The van der Waals surface area contributed by atoms with Gasteiger partial charge < -0.3 is 11.1 Å². The van der Waals surface area contributed by atoms with E-state index in [1.54, 1.807) is 11.8 Å². The molecule has 17 heavy (non-hydrogen) atoms. The SMILES string of the molecule is CSCC(C)NC(=O)CCc1ccc(N)cc1. The Kier molecular flexibility index (Phi) is 5.91. The first-order chi connectivity index (χ1) is 8.11. The van der Waals surface area contributed by atoms with Gasteiger partial charge in [0.05, 0.1) is 0 Å². The Balaban J connectivity index is 2.30. The lowest BCUT2D eigenvalue weighted by Crippen LogP contribution is -2.34. The molecule has 0 heterocycles. The summed E-state index contributed by atoms with van der Waals surface area (Å²) in [6.45, 7) is 2.03. The van der Waals surface area contributed by atoms with Crippen molar-refractivity contribution in [3.05, 3.63) is 29.8 Å². The van der Waals surface area contributed by atoms with Crippen LogP contribution in [0.25, 0.3) is 0 Å². The fourth-order valence-corrected chi connectivity index (χ4v) is 2.16. The van der Waals surface area contributed by atoms with Crippen LogP contribution in [-0.2, 0) is 11.2 Å². The van der Waals surface area contributed by atoms with Gasteiger partial charge in [0.1, 0.15) is 0 Å². The number of nitrogens with two attached hydrogens (primary N) is 1. The van der Waals surface area contributed by atoms with Gasteiger partial charge in [0.15, 0.2) is 0 Å². The maximum Gasteiger partial charge on any atom is 0.220 e. The van der Waals surface area contributed by atoms with Crippen molar-refractivity contribution < 1.29 is 4.79 Å². The first-order valence-electron chi connectivity index (χ1n) is 5.74. The van der Waals surface area contributed by atoms with Crippen molar-refractivity contribution in [3.8, 4) is 0 Å². The van der Waals surface area contributed by atoms with E-state index in [-0.39, 0.29) is 11.9 Å². The summed E-state index contributed by atoms with van der Waals surface area (Å²) in [6, 6.07) is 7.90. The highest BCUT2D eigenvalue weighted by molar-refractivity contribution is 7.98. The fraction of sp³-hybridized carbons (Fsp3) is 0.462. The second-order valence-corrected chi connectivity index (χ2v) is 5.08. The van der Waals surface area contributed by atoms with E-state index in [1.807, 2.05) is 37.4 Å². The van der Waals surface area contributed by atoms with Gasteiger partial charge in [-0.2, -0.15) is 11.8 Å². The molecule has 0 aliphatic carbocycles. The van der Waals surface area contributed by atoms with E-state index in [1.165, 1.54) is 0 Å². The van der Waals surface area contributed by atoms with Gasteiger partial charge in [-0.25, -0.2) is 0 Å². The van der Waals surface area contributed by atoms with Crippen molar-refractivity contribution in [3.63, 3.8) is 0 Å². The van der Waals surface area contributed by atoms with Crippen LogP contribution >= 0.6 is 11.8 Å². The molecule has 1 unspecified atom stereocenters. The molecular weight excluding hydrogens is 232 g/mol. The Morgan fingerprint density at radius 1 is 1.41 bits per heavy atom. The molecule has 0 fully saturated rings. The highest BCUT2D eigenvalue weighted by atomic mass is 32.2. The predicted octanol–water partition coefficient (Wildman–Crippen LogP) is 2.07. The Morgan fingerprint density at radius 3 is 2.65 bits per heavy atom. The summed E-state index contributed by atoms with van der Waals surface area (Å²) in [5.41, 5.74) is 7.50. The van der Waals surface area contributed by atoms with Crippen LogP contribution in [0.15, 0.2) is 24.3 Å². The Morgan fingerprint density at radius 2 is 2.06 bits per heavy atom. The average molecular weight is 252 g/mol. The van der Waals surface area contributed by atoms with E-state index in [2.05, 4.69) is 5.32 Å². The third-order valence-corrected chi connectivity index (χ3v) is 3.28. The molecule has 0 bridgehead atoms. The number of aryl methyl sites for hydroxylation is 1. The van der Waals surface area contributed by atoms with E-state index >= 15 is 0 Å². The molecule has 0 aromatic heterocycles. The summed E-state index contributed by atoms with van der Waals surface area (Å²) in [5, 5.41) is 2.98. The normalized spacial score (nSPS) is 12.1. The fourth-order valence-electron chi connectivity index (χ4n) is 1.58. The Hall–Kier alpha value is -1.16. The first kappa shape index (κ1) is 13.9. The van der Waals surface area contributed by atoms with Gasteiger partial charge >= 0.3 is 0 Å². The minimum Gasteiger partial charge on any atom is -0.399 e. The number of hydrogen-bond donors (Lipinski definition) is 2. The molecular formula is C13H20N2OS. The Labute approximate surface area is 107 Å². The number of nitrogen functional groups attached to an aromatic ring is 1. The summed E-state index contributed by atoms with van der Waals surface area (Å²) in [7, 11) is 0. The molecule has 4 heteroatoms. The van der Waals surface area contributed by atoms with Gasteiger partial charge in [0.2, 0.25) is 5.91 Å². The zero-order valence-corrected chi connectivity index (χ0v) is 11.2. The standard InChI is InChI=1S/C13H20N2OS/c1-10(9-17-2)15-13(16)8-5-11-3-6-12(14)7-4-11/h3-4,6-7,10H,5,8-9,14H2,1-2H3,(H,15,16). The summed E-state index contributed by atoms with van der Waals surface area (Å²) < 4.78 is 0. The molecule has 1 atom stereocenters. The van der Waals surface area contributed by atoms with Crippen LogP contribution in [0.5, 0.6) is 0 Å². The number of amides is 1. The third-order valence-electron chi connectivity index (χ3n) is 2.44. The minimum atomic E-state index is 0.114. The van der Waals surface area contributed by atoms with Crippen molar-refractivity contribution in [2.75, 3.05) is 17.7 Å². The molecule has 0 radical (unpaired) electrons. The van der Waals surface area contributed by atoms with Gasteiger partial charge in [-0.05, 0) is 37.3 Å². The zero-order valence-electron chi connectivity index (χ0n) is 10.4. The predicted molar refractivity (Wildman–Crippen MR) is 75.2 cm³/mol. The maximum atomic E-state index is 11.6. The van der Waals surface area contributed by atoms with Gasteiger partial charge in [-0.15, -0.1) is 0 Å². The van der Waals surface area contributed by atoms with Crippen LogP contribution in [-0.4, -0.2) is 24.0 Å². The van der Waals surface area contributed by atoms with Crippen molar-refractivity contribution in [2.45, 2.75) is 25.8 Å². The van der Waals surface area contributed by atoms with Crippen LogP contribution in [0.2, 0.25) is 0 Å². The first-order valence-corrected chi connectivity index (χ1v) is 7.14. The van der Waals surface area contributed by atoms with Crippen LogP contribution in [0.3, 0.4) is 0 Å². The van der Waals surface area contributed by atoms with E-state index in [0.717, 1.165) is 23.4 Å². The van der Waals surface area contributed by atoms with Gasteiger partial charge in [-0.3, -0.25) is 4.79 Å². The highest BCUT2D eigenvalue weighted by Crippen LogP contribution is 2.07. The van der Waals surface area contributed by atoms with Crippen molar-refractivity contribution in [2.24, 2.45) is 0 Å². The lowest BCUT2D eigenvalue weighted by atomic mass is 10.1. The number of benzene rings is 1. The molecule has 0 aliphatic rings. The molecule has 0 saturated heterocycles. The van der Waals surface area contributed by atoms with Crippen LogP contribution < -0.4 is 11.1 Å². The molecule has 3 N–H and O–H groups in total. The molecule has 1 rings (SSSR count). The quantitative estimate of drug-likeness (QED) is 0.762. The molecule has 0 spiro atoms. The van der Waals surface area contributed by atoms with E-state index < -0.39 is 0 Å². The third kappa shape index (κ3) is 5.63. The van der Waals surface area contributed by atoms with Crippen molar-refractivity contribution >= 4 is 23.4 Å². The van der Waals surface area contributed by atoms with Crippen molar-refractivity contribution in [1.29, 1.82) is 0 Å². The molecule has 3 nitrogen and oxygen atoms in total. The highest BCUT2D eigenvalue weighted by Gasteiger charge is 2.06. The van der Waals surface area contributed by atoms with Crippen LogP contribution in [0.4, 0.5) is 5.69 Å². The van der Waals surface area contributed by atoms with Crippen molar-refractivity contribution in [1.82, 2.24) is 5.32 Å². The average Bonchev–Trinajstić information content (AvgIpc) is 2.28. The Bertz CT molecular complexity index is 351. The molecule has 1 aromatic rings. The van der Waals surface area contributed by atoms with Crippen LogP contribution in [0.1, 0.15) is 18.9 Å². The number of anilines is 1. The number of nitrogens with one attached hydrogen (secondary N) is 1. The summed E-state index contributed by atoms with van der Waals surface area (Å²) in [4.78, 5) is 11.6. The van der Waals surface area contributed by atoms with Crippen LogP contribution in [0, 0.1) is 0 Å². The lowest BCUT2D eigenvalue weighted by molar-refractivity contribution is -0.121. The molecule has 0 aliphatic heterocycles. The second kappa shape index (κ2) is 7.22. The van der Waals surface area contributed by atoms with Gasteiger partial charge in [-0.1, -0.05) is 12.1 Å². The number of carbonyl (C=O) groups excluding carboxylic acids is 1. The van der Waals surface area contributed by atoms with E-state index in [0.29, 0.717) is 6.42 Å². The summed E-state index contributed by atoms with van der Waals surface area (Å²) in [5.74, 6) is 1.07. The smallest absolute Gasteiger partial charge is 0.220 e. The number of rotatable bonds is 6. The minimum absolute atomic E-state index is 0.114. The monoisotopic (exact) mass is 252 g/mol. The van der Waals surface area contributed by atoms with E-state index in [9.17, 15) is 4.79 Å². The lowest BCUT2D eigenvalue weighted by Gasteiger charge is -2.12. The molecule has 0 saturated carbocycles. The molecule has 1 amide bonds. The summed E-state index contributed by atoms with van der Waals surface area (Å²) >= 11 is 1.74. The maximum absolute atomic E-state index is 11.6. The summed E-state index contributed by atoms with van der Waals surface area (Å²) in [6.07, 6.45) is 3.33. The molecule has 94 valence electrons. The van der Waals surface area contributed by atoms with E-state index in [4.69, 9.17) is 5.73 Å². The van der Waals surface area contributed by atoms with Gasteiger partial charge in [0.25, 0.3) is 0 Å². The topological polar surface area (TPSA) is 55.1 Å².